The maximum absolute atomic E-state index is 12.9. The number of phenols is 1. The van der Waals surface area contributed by atoms with Crippen LogP contribution in [0.5, 0.6) is 5.75 Å². The van der Waals surface area contributed by atoms with Crippen LogP contribution in [0.4, 0.5) is 0 Å². The smallest absolute Gasteiger partial charge is 0.191 e. The van der Waals surface area contributed by atoms with Gasteiger partial charge in [0.25, 0.3) is 0 Å². The summed E-state index contributed by atoms with van der Waals surface area (Å²) in [6, 6.07) is 14.0. The molecular formula is C22H28NO2Y+. The zero-order valence-corrected chi connectivity index (χ0v) is 18.7. The summed E-state index contributed by atoms with van der Waals surface area (Å²) < 4.78 is 0.888. The van der Waals surface area contributed by atoms with E-state index >= 15 is 0 Å². The molecule has 3 rings (SSSR count). The van der Waals surface area contributed by atoms with Crippen LogP contribution in [0, 0.1) is 13.8 Å². The van der Waals surface area contributed by atoms with Gasteiger partial charge in [0.05, 0.1) is 13.1 Å². The Morgan fingerprint density at radius 3 is 2.19 bits per heavy atom. The van der Waals surface area contributed by atoms with Crippen molar-refractivity contribution in [2.24, 2.45) is 0 Å². The van der Waals surface area contributed by atoms with E-state index in [1.165, 1.54) is 18.4 Å². The van der Waals surface area contributed by atoms with Crippen molar-refractivity contribution in [2.45, 2.75) is 39.7 Å². The second-order valence-electron chi connectivity index (χ2n) is 7.57. The molecular weight excluding hydrogens is 399 g/mol. The molecule has 0 bridgehead atoms. The van der Waals surface area contributed by atoms with Crippen LogP contribution < -0.4 is 0 Å². The first-order valence-electron chi connectivity index (χ1n) is 9.17. The van der Waals surface area contributed by atoms with Crippen molar-refractivity contribution < 1.29 is 47.1 Å². The van der Waals surface area contributed by atoms with Gasteiger partial charge in [0.2, 0.25) is 0 Å². The number of Topliss-reactive ketones (excluding diaryl/α,β-unsaturated/α-hetero) is 1. The van der Waals surface area contributed by atoms with Gasteiger partial charge in [-0.2, -0.15) is 0 Å². The van der Waals surface area contributed by atoms with Gasteiger partial charge in [0.1, 0.15) is 18.8 Å². The number of benzene rings is 2. The fraction of sp³-hybridized carbons (Fsp3) is 0.409. The van der Waals surface area contributed by atoms with Gasteiger partial charge in [-0.3, -0.25) is 4.79 Å². The van der Waals surface area contributed by atoms with Gasteiger partial charge >= 0.3 is 0 Å². The molecule has 0 amide bonds. The number of aryl methyl sites for hydroxylation is 2. The standard InChI is InChI=1S/C22H27NO2.Y/c1-17-12-20(24)13-18(2)22(17)14-21(25)16-23(10-6-7-11-23)15-19-8-4-3-5-9-19;/h3-5,8-9,12-13H,6-7,10-11,14-16H2,1-2H3;/p+1. The number of phenolic OH excluding ortho intramolecular Hbond substituents is 1. The number of ketones is 1. The van der Waals surface area contributed by atoms with E-state index in [-0.39, 0.29) is 38.5 Å². The molecule has 2 aromatic rings. The van der Waals surface area contributed by atoms with Gasteiger partial charge in [-0.15, -0.1) is 0 Å². The number of quaternary nitrogens is 1. The van der Waals surface area contributed by atoms with Gasteiger partial charge in [0, 0.05) is 57.5 Å². The minimum Gasteiger partial charge on any atom is -0.508 e. The van der Waals surface area contributed by atoms with Crippen molar-refractivity contribution in [1.82, 2.24) is 0 Å². The first-order chi connectivity index (χ1) is 12.0. The topological polar surface area (TPSA) is 37.3 Å². The molecule has 2 aromatic carbocycles. The second kappa shape index (κ2) is 9.26. The van der Waals surface area contributed by atoms with Crippen molar-refractivity contribution in [3.05, 3.63) is 64.7 Å². The molecule has 0 aliphatic carbocycles. The summed E-state index contributed by atoms with van der Waals surface area (Å²) in [4.78, 5) is 12.9. The Hall–Kier alpha value is -1.03. The molecule has 26 heavy (non-hydrogen) atoms. The summed E-state index contributed by atoms with van der Waals surface area (Å²) in [5.74, 6) is 0.577. The molecule has 4 heteroatoms. The molecule has 1 heterocycles. The van der Waals surface area contributed by atoms with E-state index in [9.17, 15) is 9.90 Å². The summed E-state index contributed by atoms with van der Waals surface area (Å²) in [5, 5.41) is 9.70. The van der Waals surface area contributed by atoms with Gasteiger partial charge < -0.3 is 9.59 Å². The molecule has 1 aliphatic heterocycles. The summed E-state index contributed by atoms with van der Waals surface area (Å²) in [6.45, 7) is 7.68. The molecule has 1 saturated heterocycles. The van der Waals surface area contributed by atoms with Crippen LogP contribution in [0.15, 0.2) is 42.5 Å². The fourth-order valence-electron chi connectivity index (χ4n) is 4.23. The van der Waals surface area contributed by atoms with Gasteiger partial charge in [-0.1, -0.05) is 30.3 Å². The Bertz CT molecular complexity index is 729. The van der Waals surface area contributed by atoms with E-state index in [1.807, 2.05) is 19.9 Å². The molecule has 1 N–H and O–H groups in total. The molecule has 0 unspecified atom stereocenters. The summed E-state index contributed by atoms with van der Waals surface area (Å²) in [7, 11) is 0. The number of carbonyl (C=O) groups is 1. The van der Waals surface area contributed by atoms with E-state index in [1.54, 1.807) is 12.1 Å². The van der Waals surface area contributed by atoms with Crippen LogP contribution in [-0.4, -0.2) is 35.0 Å². The van der Waals surface area contributed by atoms with E-state index in [0.29, 0.717) is 18.7 Å². The summed E-state index contributed by atoms with van der Waals surface area (Å²) in [5.41, 5.74) is 4.39. The van der Waals surface area contributed by atoms with Crippen LogP contribution >= 0.6 is 0 Å². The number of rotatable bonds is 6. The van der Waals surface area contributed by atoms with Crippen molar-refractivity contribution in [3.63, 3.8) is 0 Å². The van der Waals surface area contributed by atoms with Crippen molar-refractivity contribution in [1.29, 1.82) is 0 Å². The van der Waals surface area contributed by atoms with Crippen LogP contribution in [0.1, 0.15) is 35.1 Å². The normalized spacial score (nSPS) is 15.5. The van der Waals surface area contributed by atoms with Gasteiger partial charge in [-0.25, -0.2) is 0 Å². The Labute approximate surface area is 181 Å². The van der Waals surface area contributed by atoms with E-state index in [2.05, 4.69) is 24.3 Å². The molecule has 1 aliphatic rings. The van der Waals surface area contributed by atoms with Crippen LogP contribution in [0.25, 0.3) is 0 Å². The quantitative estimate of drug-likeness (QED) is 0.710. The Morgan fingerprint density at radius 2 is 1.62 bits per heavy atom. The summed E-state index contributed by atoms with van der Waals surface area (Å²) in [6.07, 6.45) is 2.88. The molecule has 135 valence electrons. The van der Waals surface area contributed by atoms with E-state index in [4.69, 9.17) is 0 Å². The van der Waals surface area contributed by atoms with Crippen molar-refractivity contribution >= 4 is 5.78 Å². The summed E-state index contributed by atoms with van der Waals surface area (Å²) >= 11 is 0. The third-order valence-corrected chi connectivity index (χ3v) is 5.44. The Balaban J connectivity index is 0.00000243. The number of likely N-dealkylation sites (tertiary alicyclic amines) is 1. The third kappa shape index (κ3) is 5.25. The van der Waals surface area contributed by atoms with Gasteiger partial charge in [0.15, 0.2) is 5.78 Å². The predicted octanol–water partition coefficient (Wildman–Crippen LogP) is 3.93. The van der Waals surface area contributed by atoms with Crippen LogP contribution in [0.2, 0.25) is 0 Å². The first kappa shape index (κ1) is 21.3. The average molecular weight is 427 g/mol. The number of carbonyl (C=O) groups excluding carboxylic acids is 1. The predicted molar refractivity (Wildman–Crippen MR) is 101 cm³/mol. The Kier molecular flexibility index (Phi) is 7.57. The van der Waals surface area contributed by atoms with Crippen molar-refractivity contribution in [3.8, 4) is 5.75 Å². The zero-order chi connectivity index (χ0) is 17.9. The Morgan fingerprint density at radius 1 is 1.04 bits per heavy atom. The average Bonchev–Trinajstić information content (AvgIpc) is 2.99. The van der Waals surface area contributed by atoms with Crippen LogP contribution in [-0.2, 0) is 50.5 Å². The molecule has 0 aromatic heterocycles. The van der Waals surface area contributed by atoms with Crippen molar-refractivity contribution in [2.75, 3.05) is 19.6 Å². The minimum absolute atomic E-state index is 0. The van der Waals surface area contributed by atoms with E-state index in [0.717, 1.165) is 40.8 Å². The maximum Gasteiger partial charge on any atom is 0.191 e. The SMILES string of the molecule is Cc1cc(O)cc(C)c1CC(=O)C[N+]1(Cc2ccccc2)CCCC1.[Y]. The first-order valence-corrected chi connectivity index (χ1v) is 9.17. The maximum atomic E-state index is 12.9. The molecule has 0 spiro atoms. The molecule has 1 fully saturated rings. The number of hydrogen-bond acceptors (Lipinski definition) is 2. The van der Waals surface area contributed by atoms with Gasteiger partial charge in [-0.05, 0) is 42.7 Å². The monoisotopic (exact) mass is 427 g/mol. The van der Waals surface area contributed by atoms with E-state index < -0.39 is 0 Å². The fourth-order valence-corrected chi connectivity index (χ4v) is 4.23. The molecule has 1 radical (unpaired) electrons. The molecule has 3 nitrogen and oxygen atoms in total. The minimum atomic E-state index is 0. The molecule has 0 saturated carbocycles. The number of nitrogens with zero attached hydrogens (tertiary/aromatic N) is 1. The third-order valence-electron chi connectivity index (χ3n) is 5.44. The second-order valence-corrected chi connectivity index (χ2v) is 7.57. The largest absolute Gasteiger partial charge is 0.508 e. The molecule has 0 atom stereocenters. The van der Waals surface area contributed by atoms with Crippen LogP contribution in [0.3, 0.4) is 0 Å². The number of aromatic hydroxyl groups is 1. The zero-order valence-electron chi connectivity index (χ0n) is 15.9. The number of hydrogen-bond donors (Lipinski definition) is 1.